The van der Waals surface area contributed by atoms with Crippen molar-refractivity contribution in [3.8, 4) is 0 Å². The summed E-state index contributed by atoms with van der Waals surface area (Å²) < 4.78 is 22.7. The van der Waals surface area contributed by atoms with Crippen LogP contribution in [-0.4, -0.2) is 89.6 Å². The molecule has 6 atom stereocenters. The van der Waals surface area contributed by atoms with Gasteiger partial charge in [-0.2, -0.15) is 0 Å². The minimum absolute atomic E-state index is 0.106. The Balaban J connectivity index is 2.30. The van der Waals surface area contributed by atoms with Gasteiger partial charge in [0.25, 0.3) is 0 Å². The maximum absolute atomic E-state index is 12.7. The van der Waals surface area contributed by atoms with Crippen LogP contribution in [0.25, 0.3) is 0 Å². The van der Waals surface area contributed by atoms with Crippen LogP contribution in [0.2, 0.25) is 0 Å². The topological polar surface area (TPSA) is 135 Å². The molecule has 0 aromatic rings. The summed E-state index contributed by atoms with van der Waals surface area (Å²) in [5.41, 5.74) is 0. The van der Waals surface area contributed by atoms with Gasteiger partial charge in [-0.15, -0.1) is 0 Å². The molecule has 286 valence electrons. The number of aliphatic hydroxyl groups excluding tert-OH is 4. The Hall–Kier alpha value is -0.810. The van der Waals surface area contributed by atoms with Crippen LogP contribution >= 0.6 is 0 Å². The highest BCUT2D eigenvalue weighted by Crippen LogP contribution is 2.22. The van der Waals surface area contributed by atoms with Gasteiger partial charge in [-0.25, -0.2) is 0 Å². The fourth-order valence-corrected chi connectivity index (χ4v) is 6.32. The maximum Gasteiger partial charge on any atom is 0.306 e. The number of unbranched alkanes of at least 4 members (excludes halogenated alkanes) is 23. The fourth-order valence-electron chi connectivity index (χ4n) is 6.32. The van der Waals surface area contributed by atoms with Gasteiger partial charge in [0.15, 0.2) is 6.29 Å². The van der Waals surface area contributed by atoms with Crippen LogP contribution in [0.5, 0.6) is 0 Å². The fraction of sp³-hybridized carbons (Fsp3) is 0.974. The molecule has 0 aromatic heterocycles. The minimum atomic E-state index is -1.53. The van der Waals surface area contributed by atoms with Gasteiger partial charge in [0, 0.05) is 13.0 Å². The molecule has 0 radical (unpaired) electrons. The Morgan fingerprint density at radius 3 is 1.48 bits per heavy atom. The van der Waals surface area contributed by atoms with E-state index >= 15 is 0 Å². The van der Waals surface area contributed by atoms with Gasteiger partial charge in [-0.1, -0.05) is 162 Å². The van der Waals surface area contributed by atoms with Crippen LogP contribution < -0.4 is 0 Å². The van der Waals surface area contributed by atoms with Gasteiger partial charge in [0.05, 0.1) is 19.8 Å². The van der Waals surface area contributed by atoms with Crippen molar-refractivity contribution in [2.45, 2.75) is 218 Å². The SMILES string of the molecule is CCCCCCCCCCCCCCCC(=O)OC(COCCCCCCCCCCCCCC)COC1OC(CO)C(O)C(O)C1O. The molecule has 6 unspecified atom stereocenters. The first-order chi connectivity index (χ1) is 23.4. The zero-order valence-electron chi connectivity index (χ0n) is 31.0. The van der Waals surface area contributed by atoms with Gasteiger partial charge in [0.2, 0.25) is 0 Å². The second-order valence-electron chi connectivity index (χ2n) is 14.1. The highest BCUT2D eigenvalue weighted by molar-refractivity contribution is 5.69. The summed E-state index contributed by atoms with van der Waals surface area (Å²) in [4.78, 5) is 12.7. The molecule has 0 bridgehead atoms. The predicted molar refractivity (Wildman–Crippen MR) is 192 cm³/mol. The number of esters is 1. The number of hydrogen-bond acceptors (Lipinski definition) is 9. The van der Waals surface area contributed by atoms with Crippen LogP contribution in [-0.2, 0) is 23.7 Å². The first-order valence-corrected chi connectivity index (χ1v) is 20.1. The summed E-state index contributed by atoms with van der Waals surface area (Å²) in [6.45, 7) is 4.57. The Morgan fingerprint density at radius 1 is 0.583 bits per heavy atom. The van der Waals surface area contributed by atoms with E-state index in [1.165, 1.54) is 128 Å². The number of carbonyl (C=O) groups excluding carboxylic acids is 1. The van der Waals surface area contributed by atoms with E-state index in [-0.39, 0.29) is 19.2 Å². The molecule has 1 fully saturated rings. The molecular weight excluding hydrogens is 612 g/mol. The zero-order valence-corrected chi connectivity index (χ0v) is 31.0. The molecule has 1 aliphatic heterocycles. The van der Waals surface area contributed by atoms with E-state index in [2.05, 4.69) is 13.8 Å². The molecule has 0 saturated carbocycles. The molecule has 0 amide bonds. The lowest BCUT2D eigenvalue weighted by Crippen LogP contribution is -2.59. The summed E-state index contributed by atoms with van der Waals surface area (Å²) in [5, 5.41) is 39.9. The van der Waals surface area contributed by atoms with Crippen molar-refractivity contribution < 1.29 is 44.2 Å². The first kappa shape index (κ1) is 45.2. The molecule has 0 spiro atoms. The molecule has 1 saturated heterocycles. The van der Waals surface area contributed by atoms with Crippen molar-refractivity contribution in [3.05, 3.63) is 0 Å². The van der Waals surface area contributed by atoms with Crippen molar-refractivity contribution >= 4 is 5.97 Å². The van der Waals surface area contributed by atoms with E-state index in [0.29, 0.717) is 13.0 Å². The molecule has 48 heavy (non-hydrogen) atoms. The monoisotopic (exact) mass is 689 g/mol. The van der Waals surface area contributed by atoms with E-state index < -0.39 is 43.4 Å². The molecule has 1 aliphatic rings. The van der Waals surface area contributed by atoms with Crippen LogP contribution in [0.15, 0.2) is 0 Å². The molecule has 1 heterocycles. The van der Waals surface area contributed by atoms with Crippen LogP contribution in [0, 0.1) is 0 Å². The van der Waals surface area contributed by atoms with Gasteiger partial charge >= 0.3 is 5.97 Å². The highest BCUT2D eigenvalue weighted by Gasteiger charge is 2.44. The van der Waals surface area contributed by atoms with Crippen molar-refractivity contribution in [2.75, 3.05) is 26.4 Å². The lowest BCUT2D eigenvalue weighted by Gasteiger charge is -2.39. The Kier molecular flexibility index (Phi) is 30.3. The Labute approximate surface area is 293 Å². The average molecular weight is 689 g/mol. The number of ether oxygens (including phenoxy) is 4. The van der Waals surface area contributed by atoms with Gasteiger partial charge in [-0.05, 0) is 12.8 Å². The van der Waals surface area contributed by atoms with E-state index in [9.17, 15) is 25.2 Å². The lowest BCUT2D eigenvalue weighted by molar-refractivity contribution is -0.305. The van der Waals surface area contributed by atoms with E-state index in [0.717, 1.165) is 32.1 Å². The third kappa shape index (κ3) is 23.6. The highest BCUT2D eigenvalue weighted by atomic mass is 16.7. The average Bonchev–Trinajstić information content (AvgIpc) is 3.08. The standard InChI is InChI=1S/C39H76O9/c1-3-5-7-9-11-13-15-17-18-20-22-24-26-28-35(41)47-33(32-46-39-38(44)37(43)36(42)34(30-40)48-39)31-45-29-27-25-23-21-19-16-14-12-10-8-6-4-2/h33-34,36-40,42-44H,3-32H2,1-2H3. The largest absolute Gasteiger partial charge is 0.457 e. The molecule has 9 nitrogen and oxygen atoms in total. The summed E-state index contributed by atoms with van der Waals surface area (Å²) in [5.74, 6) is -0.311. The number of aliphatic hydroxyl groups is 4. The van der Waals surface area contributed by atoms with E-state index in [1.807, 2.05) is 0 Å². The van der Waals surface area contributed by atoms with Gasteiger partial charge < -0.3 is 39.4 Å². The Morgan fingerprint density at radius 2 is 1.02 bits per heavy atom. The molecule has 1 rings (SSSR count). The van der Waals surface area contributed by atoms with Gasteiger partial charge in [0.1, 0.15) is 30.5 Å². The molecule has 9 heteroatoms. The van der Waals surface area contributed by atoms with Crippen LogP contribution in [0.1, 0.15) is 181 Å². The number of rotatable bonds is 34. The normalized spacial score (nSPS) is 21.8. The second kappa shape index (κ2) is 32.1. The quantitative estimate of drug-likeness (QED) is 0.0393. The summed E-state index contributed by atoms with van der Waals surface area (Å²) in [6, 6.07) is 0. The summed E-state index contributed by atoms with van der Waals surface area (Å²) >= 11 is 0. The first-order valence-electron chi connectivity index (χ1n) is 20.1. The predicted octanol–water partition coefficient (Wildman–Crippen LogP) is 7.91. The lowest BCUT2D eigenvalue weighted by atomic mass is 9.99. The molecular formula is C39H76O9. The van der Waals surface area contributed by atoms with Crippen molar-refractivity contribution in [2.24, 2.45) is 0 Å². The summed E-state index contributed by atoms with van der Waals surface area (Å²) in [7, 11) is 0. The zero-order chi connectivity index (χ0) is 35.1. The number of hydrogen-bond donors (Lipinski definition) is 4. The van der Waals surface area contributed by atoms with Gasteiger partial charge in [-0.3, -0.25) is 4.79 Å². The van der Waals surface area contributed by atoms with Crippen molar-refractivity contribution in [1.29, 1.82) is 0 Å². The van der Waals surface area contributed by atoms with Crippen molar-refractivity contribution in [3.63, 3.8) is 0 Å². The number of carbonyl (C=O) groups is 1. The molecule has 4 N–H and O–H groups in total. The Bertz CT molecular complexity index is 707. The van der Waals surface area contributed by atoms with E-state index in [4.69, 9.17) is 18.9 Å². The van der Waals surface area contributed by atoms with Crippen LogP contribution in [0.4, 0.5) is 0 Å². The van der Waals surface area contributed by atoms with E-state index in [1.54, 1.807) is 0 Å². The molecule has 0 aromatic carbocycles. The second-order valence-corrected chi connectivity index (χ2v) is 14.1. The third-order valence-electron chi connectivity index (χ3n) is 9.52. The maximum atomic E-state index is 12.7. The minimum Gasteiger partial charge on any atom is -0.457 e. The smallest absolute Gasteiger partial charge is 0.306 e. The third-order valence-corrected chi connectivity index (χ3v) is 9.52. The van der Waals surface area contributed by atoms with Crippen LogP contribution in [0.3, 0.4) is 0 Å². The van der Waals surface area contributed by atoms with Crippen molar-refractivity contribution in [1.82, 2.24) is 0 Å². The molecule has 0 aliphatic carbocycles. The summed E-state index contributed by atoms with van der Waals surface area (Å²) in [6.07, 6.45) is 24.1.